The summed E-state index contributed by atoms with van der Waals surface area (Å²) in [5.41, 5.74) is 1.13. The van der Waals surface area contributed by atoms with Crippen LogP contribution in [0.4, 0.5) is 10.1 Å². The maximum absolute atomic E-state index is 14.2. The van der Waals surface area contributed by atoms with Gasteiger partial charge in [-0.2, -0.15) is 5.26 Å². The number of pyridine rings is 1. The van der Waals surface area contributed by atoms with Crippen LogP contribution in [0.3, 0.4) is 0 Å². The quantitative estimate of drug-likeness (QED) is 0.852. The molecule has 2 atom stereocenters. The molecule has 0 bridgehead atoms. The zero-order valence-corrected chi connectivity index (χ0v) is 14.2. The molecule has 0 radical (unpaired) electrons. The minimum Gasteiger partial charge on any atom is -0.382 e. The van der Waals surface area contributed by atoms with Crippen molar-refractivity contribution in [3.05, 3.63) is 34.7 Å². The number of halogens is 2. The Balaban J connectivity index is 2.17. The Morgan fingerprint density at radius 1 is 1.50 bits per heavy atom. The first-order valence-corrected chi connectivity index (χ1v) is 7.99. The lowest BCUT2D eigenvalue weighted by Gasteiger charge is -2.38. The van der Waals surface area contributed by atoms with Crippen LogP contribution in [0.5, 0.6) is 0 Å². The Kier molecular flexibility index (Phi) is 4.86. The van der Waals surface area contributed by atoms with E-state index < -0.39 is 5.82 Å². The highest BCUT2D eigenvalue weighted by molar-refractivity contribution is 6.36. The molecule has 1 fully saturated rings. The van der Waals surface area contributed by atoms with Crippen LogP contribution in [0.25, 0.3) is 10.9 Å². The number of anilines is 1. The average Bonchev–Trinajstić information content (AvgIpc) is 2.57. The van der Waals surface area contributed by atoms with Crippen LogP contribution in [0, 0.1) is 17.1 Å². The van der Waals surface area contributed by atoms with E-state index in [4.69, 9.17) is 21.1 Å². The smallest absolute Gasteiger partial charge is 0.149 e. The molecule has 1 aliphatic heterocycles. The third-order valence-electron chi connectivity index (χ3n) is 4.01. The van der Waals surface area contributed by atoms with Crippen molar-refractivity contribution in [1.29, 1.82) is 5.26 Å². The van der Waals surface area contributed by atoms with E-state index >= 15 is 0 Å². The third-order valence-corrected chi connectivity index (χ3v) is 4.32. The van der Waals surface area contributed by atoms with Gasteiger partial charge in [-0.15, -0.1) is 0 Å². The molecule has 3 rings (SSSR count). The molecule has 2 heterocycles. The van der Waals surface area contributed by atoms with Crippen molar-refractivity contribution >= 4 is 28.2 Å². The molecule has 1 aliphatic rings. The maximum atomic E-state index is 14.2. The average molecular weight is 350 g/mol. The van der Waals surface area contributed by atoms with Gasteiger partial charge in [0, 0.05) is 31.8 Å². The molecule has 2 unspecified atom stereocenters. The molecule has 0 amide bonds. The molecule has 0 aliphatic carbocycles. The molecule has 7 heteroatoms. The lowest BCUT2D eigenvalue weighted by atomic mass is 10.1. The second-order valence-corrected chi connectivity index (χ2v) is 6.22. The Morgan fingerprint density at radius 3 is 3.00 bits per heavy atom. The predicted molar refractivity (Wildman–Crippen MR) is 89.9 cm³/mol. The van der Waals surface area contributed by atoms with Crippen LogP contribution >= 0.6 is 11.6 Å². The number of ether oxygens (including phenoxy) is 2. The minimum atomic E-state index is -0.463. The van der Waals surface area contributed by atoms with Crippen LogP contribution in [0.1, 0.15) is 12.5 Å². The molecule has 2 aromatic rings. The first-order valence-electron chi connectivity index (χ1n) is 7.61. The SMILES string of the molecule is COCC1CN(c2c(C#N)cnc3c(F)ccc(Cl)c23)CC(C)O1. The van der Waals surface area contributed by atoms with Crippen molar-refractivity contribution in [2.75, 3.05) is 31.7 Å². The summed E-state index contributed by atoms with van der Waals surface area (Å²) < 4.78 is 25.2. The summed E-state index contributed by atoms with van der Waals surface area (Å²) in [5, 5.41) is 10.3. The Hall–Kier alpha value is -1.94. The second kappa shape index (κ2) is 6.89. The number of nitriles is 1. The first kappa shape index (κ1) is 16.9. The monoisotopic (exact) mass is 349 g/mol. The van der Waals surface area contributed by atoms with Crippen molar-refractivity contribution in [3.8, 4) is 6.07 Å². The number of methoxy groups -OCH3 is 1. The standard InChI is InChI=1S/C17H17ClFN3O2/c1-10-7-22(8-12(24-10)9-23-2)17-11(5-20)6-21-16-14(19)4-3-13(18)15(16)17/h3-4,6,10,12H,7-9H2,1-2H3. The number of benzene rings is 1. The van der Waals surface area contributed by atoms with Crippen LogP contribution < -0.4 is 4.90 Å². The molecule has 1 aromatic heterocycles. The molecule has 1 aromatic carbocycles. The summed E-state index contributed by atoms with van der Waals surface area (Å²) in [6.07, 6.45) is 1.20. The fraction of sp³-hybridized carbons (Fsp3) is 0.412. The molecule has 0 saturated carbocycles. The van der Waals surface area contributed by atoms with Crippen LogP contribution in [-0.4, -0.2) is 44.0 Å². The van der Waals surface area contributed by atoms with Gasteiger partial charge in [-0.25, -0.2) is 4.39 Å². The van der Waals surface area contributed by atoms with Crippen LogP contribution in [0.2, 0.25) is 5.02 Å². The lowest BCUT2D eigenvalue weighted by Crippen LogP contribution is -2.48. The van der Waals surface area contributed by atoms with E-state index in [0.29, 0.717) is 41.4 Å². The van der Waals surface area contributed by atoms with Gasteiger partial charge < -0.3 is 14.4 Å². The number of morpholine rings is 1. The van der Waals surface area contributed by atoms with E-state index in [9.17, 15) is 9.65 Å². The van der Waals surface area contributed by atoms with E-state index in [1.165, 1.54) is 18.3 Å². The Bertz CT molecular complexity index is 809. The van der Waals surface area contributed by atoms with Gasteiger partial charge in [-0.3, -0.25) is 4.98 Å². The molecule has 0 spiro atoms. The number of hydrogen-bond acceptors (Lipinski definition) is 5. The Morgan fingerprint density at radius 2 is 2.29 bits per heavy atom. The normalized spacial score (nSPS) is 21.0. The van der Waals surface area contributed by atoms with Crippen molar-refractivity contribution < 1.29 is 13.9 Å². The highest BCUT2D eigenvalue weighted by Crippen LogP contribution is 2.37. The summed E-state index contributed by atoms with van der Waals surface area (Å²) in [7, 11) is 1.61. The van der Waals surface area contributed by atoms with Crippen LogP contribution in [0.15, 0.2) is 18.3 Å². The van der Waals surface area contributed by atoms with Gasteiger partial charge in [0.15, 0.2) is 0 Å². The van der Waals surface area contributed by atoms with Gasteiger partial charge in [0.2, 0.25) is 0 Å². The van der Waals surface area contributed by atoms with Crippen molar-refractivity contribution in [2.45, 2.75) is 19.1 Å². The molecular formula is C17H17ClFN3O2. The zero-order chi connectivity index (χ0) is 17.3. The molecule has 1 saturated heterocycles. The highest BCUT2D eigenvalue weighted by atomic mass is 35.5. The zero-order valence-electron chi connectivity index (χ0n) is 13.4. The van der Waals surface area contributed by atoms with E-state index in [1.54, 1.807) is 7.11 Å². The van der Waals surface area contributed by atoms with Gasteiger partial charge in [0.05, 0.1) is 35.1 Å². The number of hydrogen-bond donors (Lipinski definition) is 0. The molecular weight excluding hydrogens is 333 g/mol. The Labute approximate surface area is 144 Å². The van der Waals surface area contributed by atoms with Crippen molar-refractivity contribution in [1.82, 2.24) is 4.98 Å². The summed E-state index contributed by atoms with van der Waals surface area (Å²) >= 11 is 6.32. The van der Waals surface area contributed by atoms with Crippen LogP contribution in [-0.2, 0) is 9.47 Å². The van der Waals surface area contributed by atoms with E-state index in [1.807, 2.05) is 11.8 Å². The van der Waals surface area contributed by atoms with Crippen molar-refractivity contribution in [2.24, 2.45) is 0 Å². The summed E-state index contributed by atoms with van der Waals surface area (Å²) in [6, 6.07) is 4.91. The molecule has 24 heavy (non-hydrogen) atoms. The van der Waals surface area contributed by atoms with Gasteiger partial charge in [-0.05, 0) is 19.1 Å². The molecule has 5 nitrogen and oxygen atoms in total. The van der Waals surface area contributed by atoms with Gasteiger partial charge in [-0.1, -0.05) is 11.6 Å². The largest absolute Gasteiger partial charge is 0.382 e. The van der Waals surface area contributed by atoms with Gasteiger partial charge in [0.25, 0.3) is 0 Å². The lowest BCUT2D eigenvalue weighted by molar-refractivity contribution is -0.0510. The van der Waals surface area contributed by atoms with E-state index in [2.05, 4.69) is 11.1 Å². The number of rotatable bonds is 3. The third kappa shape index (κ3) is 3.03. The van der Waals surface area contributed by atoms with Crippen molar-refractivity contribution in [3.63, 3.8) is 0 Å². The number of aromatic nitrogens is 1. The van der Waals surface area contributed by atoms with E-state index in [0.717, 1.165) is 0 Å². The maximum Gasteiger partial charge on any atom is 0.149 e. The summed E-state index contributed by atoms with van der Waals surface area (Å²) in [5.74, 6) is -0.463. The first-order chi connectivity index (χ1) is 11.5. The predicted octanol–water partition coefficient (Wildman–Crippen LogP) is 3.14. The fourth-order valence-corrected chi connectivity index (χ4v) is 3.38. The number of nitrogens with zero attached hydrogens (tertiary/aromatic N) is 3. The van der Waals surface area contributed by atoms with E-state index in [-0.39, 0.29) is 17.7 Å². The minimum absolute atomic E-state index is 0.0546. The topological polar surface area (TPSA) is 58.4 Å². The summed E-state index contributed by atoms with van der Waals surface area (Å²) in [6.45, 7) is 3.49. The summed E-state index contributed by atoms with van der Waals surface area (Å²) in [4.78, 5) is 6.08. The fourth-order valence-electron chi connectivity index (χ4n) is 3.13. The van der Waals surface area contributed by atoms with Gasteiger partial charge >= 0.3 is 0 Å². The van der Waals surface area contributed by atoms with Gasteiger partial charge in [0.1, 0.15) is 17.4 Å². The molecule has 0 N–H and O–H groups in total. The highest BCUT2D eigenvalue weighted by Gasteiger charge is 2.29. The number of fused-ring (bicyclic) bond motifs is 1. The molecule has 126 valence electrons. The second-order valence-electron chi connectivity index (χ2n) is 5.81.